The minimum Gasteiger partial charge on any atom is -0.492 e. The first kappa shape index (κ1) is 12.9. The van der Waals surface area contributed by atoms with E-state index in [-0.39, 0.29) is 0 Å². The van der Waals surface area contributed by atoms with Gasteiger partial charge in [-0.3, -0.25) is 0 Å². The Labute approximate surface area is 99.0 Å². The van der Waals surface area contributed by atoms with Crippen LogP contribution in [-0.4, -0.2) is 13.2 Å². The Balaban J connectivity index is 2.52. The zero-order valence-electron chi connectivity index (χ0n) is 10.8. The van der Waals surface area contributed by atoms with Crippen LogP contribution in [0.2, 0.25) is 0 Å². The second-order valence-corrected chi connectivity index (χ2v) is 5.17. The molecule has 1 N–H and O–H groups in total. The van der Waals surface area contributed by atoms with Crippen LogP contribution in [0.5, 0.6) is 5.75 Å². The van der Waals surface area contributed by atoms with Gasteiger partial charge in [0.2, 0.25) is 0 Å². The van der Waals surface area contributed by atoms with E-state index in [1.54, 1.807) is 0 Å². The van der Waals surface area contributed by atoms with Gasteiger partial charge in [0.1, 0.15) is 5.75 Å². The monoisotopic (exact) mass is 221 g/mol. The van der Waals surface area contributed by atoms with Gasteiger partial charge in [0.15, 0.2) is 0 Å². The highest BCUT2D eigenvalue weighted by molar-refractivity contribution is 5.56. The Kier molecular flexibility index (Phi) is 4.66. The van der Waals surface area contributed by atoms with Gasteiger partial charge in [0, 0.05) is 6.54 Å². The average molecular weight is 221 g/mol. The molecule has 0 spiro atoms. The number of para-hydroxylation sites is 2. The largest absolute Gasteiger partial charge is 0.492 e. The van der Waals surface area contributed by atoms with Crippen molar-refractivity contribution in [1.29, 1.82) is 0 Å². The van der Waals surface area contributed by atoms with Crippen LogP contribution < -0.4 is 10.1 Å². The van der Waals surface area contributed by atoms with Gasteiger partial charge in [-0.1, -0.05) is 32.9 Å². The van der Waals surface area contributed by atoms with E-state index in [9.17, 15) is 0 Å². The summed E-state index contributed by atoms with van der Waals surface area (Å²) in [5, 5.41) is 3.43. The third-order valence-corrected chi connectivity index (χ3v) is 2.38. The van der Waals surface area contributed by atoms with Crippen LogP contribution >= 0.6 is 0 Å². The molecule has 1 aromatic carbocycles. The Morgan fingerprint density at radius 1 is 1.19 bits per heavy atom. The van der Waals surface area contributed by atoms with Gasteiger partial charge in [-0.2, -0.15) is 0 Å². The zero-order chi connectivity index (χ0) is 12.0. The Morgan fingerprint density at radius 3 is 2.50 bits per heavy atom. The maximum absolute atomic E-state index is 5.56. The summed E-state index contributed by atoms with van der Waals surface area (Å²) in [6.07, 6.45) is 1.15. The van der Waals surface area contributed by atoms with Gasteiger partial charge >= 0.3 is 0 Å². The minimum absolute atomic E-state index is 0.369. The first-order valence-electron chi connectivity index (χ1n) is 5.98. The molecular formula is C14H23NO. The number of hydrogen-bond donors (Lipinski definition) is 1. The molecule has 2 heteroatoms. The normalized spacial score (nSPS) is 11.2. The summed E-state index contributed by atoms with van der Waals surface area (Å²) >= 11 is 0. The highest BCUT2D eigenvalue weighted by Crippen LogP contribution is 2.25. The molecule has 1 aromatic rings. The summed E-state index contributed by atoms with van der Waals surface area (Å²) in [5.74, 6) is 0.943. The molecule has 0 aliphatic carbocycles. The van der Waals surface area contributed by atoms with Crippen LogP contribution in [-0.2, 0) is 0 Å². The second kappa shape index (κ2) is 5.78. The van der Waals surface area contributed by atoms with E-state index in [4.69, 9.17) is 4.74 Å². The first-order valence-corrected chi connectivity index (χ1v) is 5.98. The van der Waals surface area contributed by atoms with Gasteiger partial charge in [-0.25, -0.2) is 0 Å². The molecule has 90 valence electrons. The van der Waals surface area contributed by atoms with Crippen LogP contribution in [0.15, 0.2) is 24.3 Å². The molecule has 0 unspecified atom stereocenters. The maximum atomic E-state index is 5.56. The lowest BCUT2D eigenvalue weighted by molar-refractivity contribution is 0.341. The van der Waals surface area contributed by atoms with Gasteiger partial charge in [-0.05, 0) is 30.9 Å². The number of ether oxygens (including phenoxy) is 1. The highest BCUT2D eigenvalue weighted by Gasteiger charge is 2.09. The molecule has 0 saturated carbocycles. The third kappa shape index (κ3) is 4.56. The van der Waals surface area contributed by atoms with Crippen LogP contribution in [0.1, 0.15) is 34.1 Å². The fourth-order valence-corrected chi connectivity index (χ4v) is 1.47. The van der Waals surface area contributed by atoms with E-state index >= 15 is 0 Å². The molecule has 2 nitrogen and oxygen atoms in total. The van der Waals surface area contributed by atoms with Crippen molar-refractivity contribution in [1.82, 2.24) is 0 Å². The van der Waals surface area contributed by atoms with Crippen molar-refractivity contribution < 1.29 is 4.74 Å². The van der Waals surface area contributed by atoms with Crippen molar-refractivity contribution in [2.45, 2.75) is 34.1 Å². The fourth-order valence-electron chi connectivity index (χ4n) is 1.47. The summed E-state index contributed by atoms with van der Waals surface area (Å²) < 4.78 is 5.56. The van der Waals surface area contributed by atoms with Gasteiger partial charge in [-0.15, -0.1) is 0 Å². The summed E-state index contributed by atoms with van der Waals surface area (Å²) in [6, 6.07) is 8.10. The van der Waals surface area contributed by atoms with Crippen molar-refractivity contribution in [2.24, 2.45) is 5.41 Å². The molecular weight excluding hydrogens is 198 g/mol. The topological polar surface area (TPSA) is 21.3 Å². The van der Waals surface area contributed by atoms with Crippen LogP contribution in [0.4, 0.5) is 5.69 Å². The standard InChI is InChI=1S/C14H23NO/c1-5-16-13-9-7-6-8-12(13)15-11-10-14(2,3)4/h6-9,15H,5,10-11H2,1-4H3. The Hall–Kier alpha value is -1.18. The van der Waals surface area contributed by atoms with Gasteiger partial charge in [0.25, 0.3) is 0 Å². The van der Waals surface area contributed by atoms with Crippen LogP contribution in [0.25, 0.3) is 0 Å². The number of hydrogen-bond acceptors (Lipinski definition) is 2. The maximum Gasteiger partial charge on any atom is 0.142 e. The van der Waals surface area contributed by atoms with Crippen molar-refractivity contribution >= 4 is 5.69 Å². The predicted molar refractivity (Wildman–Crippen MR) is 70.2 cm³/mol. The number of benzene rings is 1. The molecule has 0 aliphatic heterocycles. The van der Waals surface area contributed by atoms with Crippen molar-refractivity contribution in [2.75, 3.05) is 18.5 Å². The highest BCUT2D eigenvalue weighted by atomic mass is 16.5. The number of nitrogens with one attached hydrogen (secondary N) is 1. The summed E-state index contributed by atoms with van der Waals surface area (Å²) in [5.41, 5.74) is 1.46. The number of rotatable bonds is 5. The summed E-state index contributed by atoms with van der Waals surface area (Å²) in [7, 11) is 0. The van der Waals surface area contributed by atoms with E-state index < -0.39 is 0 Å². The van der Waals surface area contributed by atoms with Gasteiger partial charge < -0.3 is 10.1 Å². The average Bonchev–Trinajstić information content (AvgIpc) is 2.19. The summed E-state index contributed by atoms with van der Waals surface area (Å²) in [4.78, 5) is 0. The van der Waals surface area contributed by atoms with E-state index in [2.05, 4.69) is 32.2 Å². The molecule has 0 radical (unpaired) electrons. The Morgan fingerprint density at radius 2 is 1.88 bits per heavy atom. The van der Waals surface area contributed by atoms with Crippen molar-refractivity contribution in [3.05, 3.63) is 24.3 Å². The van der Waals surface area contributed by atoms with E-state index in [0.29, 0.717) is 12.0 Å². The molecule has 0 aromatic heterocycles. The fraction of sp³-hybridized carbons (Fsp3) is 0.571. The quantitative estimate of drug-likeness (QED) is 0.813. The molecule has 0 atom stereocenters. The van der Waals surface area contributed by atoms with E-state index in [1.165, 1.54) is 0 Å². The minimum atomic E-state index is 0.369. The molecule has 0 aliphatic rings. The van der Waals surface area contributed by atoms with Crippen LogP contribution in [0.3, 0.4) is 0 Å². The molecule has 0 fully saturated rings. The molecule has 0 amide bonds. The van der Waals surface area contributed by atoms with Crippen molar-refractivity contribution in [3.8, 4) is 5.75 Å². The lowest BCUT2D eigenvalue weighted by Crippen LogP contribution is -2.13. The Bertz CT molecular complexity index is 315. The zero-order valence-corrected chi connectivity index (χ0v) is 10.8. The lowest BCUT2D eigenvalue weighted by Gasteiger charge is -2.19. The third-order valence-electron chi connectivity index (χ3n) is 2.38. The lowest BCUT2D eigenvalue weighted by atomic mass is 9.92. The summed E-state index contributed by atoms with van der Waals surface area (Å²) in [6.45, 7) is 10.5. The van der Waals surface area contributed by atoms with E-state index in [0.717, 1.165) is 24.4 Å². The SMILES string of the molecule is CCOc1ccccc1NCCC(C)(C)C. The second-order valence-electron chi connectivity index (χ2n) is 5.17. The van der Waals surface area contributed by atoms with Crippen LogP contribution in [0, 0.1) is 5.41 Å². The van der Waals surface area contributed by atoms with Gasteiger partial charge in [0.05, 0.1) is 12.3 Å². The first-order chi connectivity index (χ1) is 7.53. The molecule has 1 rings (SSSR count). The smallest absolute Gasteiger partial charge is 0.142 e. The predicted octanol–water partition coefficient (Wildman–Crippen LogP) is 3.93. The molecule has 0 bridgehead atoms. The molecule has 16 heavy (non-hydrogen) atoms. The van der Waals surface area contributed by atoms with Crippen molar-refractivity contribution in [3.63, 3.8) is 0 Å². The van der Waals surface area contributed by atoms with E-state index in [1.807, 2.05) is 25.1 Å². The molecule has 0 heterocycles. The molecule has 0 saturated heterocycles. The number of anilines is 1.